The van der Waals surface area contributed by atoms with E-state index >= 15 is 0 Å². The summed E-state index contributed by atoms with van der Waals surface area (Å²) >= 11 is 0. The molecular weight excluding hydrogens is 256 g/mol. The van der Waals surface area contributed by atoms with Crippen molar-refractivity contribution < 1.29 is 14.3 Å². The maximum atomic E-state index is 12.1. The lowest BCUT2D eigenvalue weighted by Gasteiger charge is -2.34. The van der Waals surface area contributed by atoms with Gasteiger partial charge in [-0.15, -0.1) is 0 Å². The van der Waals surface area contributed by atoms with Crippen LogP contribution >= 0.6 is 0 Å². The number of anilines is 1. The number of hydrogen-bond donors (Lipinski definition) is 1. The molecule has 0 saturated carbocycles. The van der Waals surface area contributed by atoms with Gasteiger partial charge in [0.05, 0.1) is 13.2 Å². The molecule has 1 aromatic carbocycles. The Morgan fingerprint density at radius 2 is 2.00 bits per heavy atom. The zero-order chi connectivity index (χ0) is 14.8. The molecule has 1 atom stereocenters. The van der Waals surface area contributed by atoms with Crippen molar-refractivity contribution in [3.63, 3.8) is 0 Å². The lowest BCUT2D eigenvalue weighted by molar-refractivity contribution is -0.0432. The van der Waals surface area contributed by atoms with Crippen molar-refractivity contribution in [1.29, 1.82) is 0 Å². The number of rotatable bonds is 1. The third-order valence-electron chi connectivity index (χ3n) is 3.03. The molecule has 1 aliphatic rings. The molecule has 0 aliphatic carbocycles. The normalized spacial score (nSPS) is 19.8. The maximum absolute atomic E-state index is 12.1. The monoisotopic (exact) mass is 278 g/mol. The molecule has 110 valence electrons. The average Bonchev–Trinajstić information content (AvgIpc) is 2.38. The topological polar surface area (TPSA) is 64.8 Å². The van der Waals surface area contributed by atoms with Gasteiger partial charge < -0.3 is 20.1 Å². The minimum Gasteiger partial charge on any atom is -0.444 e. The van der Waals surface area contributed by atoms with Crippen molar-refractivity contribution >= 4 is 11.8 Å². The number of nitrogen functional groups attached to an aromatic ring is 1. The Hall–Kier alpha value is -1.75. The summed E-state index contributed by atoms with van der Waals surface area (Å²) in [7, 11) is 0. The molecule has 1 aliphatic heterocycles. The van der Waals surface area contributed by atoms with Gasteiger partial charge in [-0.25, -0.2) is 4.79 Å². The molecule has 20 heavy (non-hydrogen) atoms. The Morgan fingerprint density at radius 3 is 2.60 bits per heavy atom. The molecule has 2 N–H and O–H groups in total. The second-order valence-corrected chi connectivity index (χ2v) is 5.95. The lowest BCUT2D eigenvalue weighted by Crippen LogP contribution is -2.44. The number of nitrogens with zero attached hydrogens (tertiary/aromatic N) is 1. The van der Waals surface area contributed by atoms with Gasteiger partial charge in [0.1, 0.15) is 11.7 Å². The average molecular weight is 278 g/mol. The highest BCUT2D eigenvalue weighted by molar-refractivity contribution is 5.68. The molecule has 2 rings (SSSR count). The van der Waals surface area contributed by atoms with E-state index < -0.39 is 5.60 Å². The zero-order valence-electron chi connectivity index (χ0n) is 12.3. The Kier molecular flexibility index (Phi) is 4.18. The summed E-state index contributed by atoms with van der Waals surface area (Å²) in [6, 6.07) is 7.54. The van der Waals surface area contributed by atoms with E-state index in [-0.39, 0.29) is 12.2 Å². The fourth-order valence-corrected chi connectivity index (χ4v) is 2.05. The van der Waals surface area contributed by atoms with E-state index in [2.05, 4.69) is 0 Å². The van der Waals surface area contributed by atoms with Crippen LogP contribution in [0.1, 0.15) is 32.4 Å². The van der Waals surface area contributed by atoms with Gasteiger partial charge in [0.2, 0.25) is 0 Å². The van der Waals surface area contributed by atoms with Crippen LogP contribution in [-0.2, 0) is 9.47 Å². The molecule has 0 spiro atoms. The second kappa shape index (κ2) is 5.71. The number of ether oxygens (including phenoxy) is 2. The van der Waals surface area contributed by atoms with Crippen LogP contribution in [0.4, 0.5) is 10.5 Å². The predicted octanol–water partition coefficient (Wildman–Crippen LogP) is 2.58. The van der Waals surface area contributed by atoms with E-state index in [1.165, 1.54) is 0 Å². The molecule has 0 aromatic heterocycles. The van der Waals surface area contributed by atoms with Crippen molar-refractivity contribution in [2.24, 2.45) is 0 Å². The van der Waals surface area contributed by atoms with E-state index in [4.69, 9.17) is 15.2 Å². The fourth-order valence-electron chi connectivity index (χ4n) is 2.05. The number of nitrogens with two attached hydrogens (primary N) is 1. The van der Waals surface area contributed by atoms with Gasteiger partial charge in [0.25, 0.3) is 0 Å². The summed E-state index contributed by atoms with van der Waals surface area (Å²) in [5.74, 6) is 0. The van der Waals surface area contributed by atoms with Crippen molar-refractivity contribution in [3.8, 4) is 0 Å². The number of amides is 1. The number of hydrogen-bond acceptors (Lipinski definition) is 4. The first kappa shape index (κ1) is 14.7. The third-order valence-corrected chi connectivity index (χ3v) is 3.03. The Labute approximate surface area is 119 Å². The van der Waals surface area contributed by atoms with Gasteiger partial charge in [-0.3, -0.25) is 0 Å². The summed E-state index contributed by atoms with van der Waals surface area (Å²) in [6.45, 7) is 7.15. The summed E-state index contributed by atoms with van der Waals surface area (Å²) < 4.78 is 11.1. The highest BCUT2D eigenvalue weighted by Crippen LogP contribution is 2.24. The van der Waals surface area contributed by atoms with Gasteiger partial charge in [-0.05, 0) is 38.5 Å². The standard InChI is InChI=1S/C15H22N2O3/c1-15(2,3)20-14(18)17-8-9-19-13(10-17)11-4-6-12(16)7-5-11/h4-7,13H,8-10,16H2,1-3H3. The maximum Gasteiger partial charge on any atom is 0.410 e. The molecule has 1 fully saturated rings. The SMILES string of the molecule is CC(C)(C)OC(=O)N1CCOC(c2ccc(N)cc2)C1. The Balaban J connectivity index is 2.01. The van der Waals surface area contributed by atoms with Crippen LogP contribution < -0.4 is 5.73 Å². The molecule has 5 nitrogen and oxygen atoms in total. The van der Waals surface area contributed by atoms with Gasteiger partial charge >= 0.3 is 6.09 Å². The number of carbonyl (C=O) groups is 1. The molecule has 0 bridgehead atoms. The predicted molar refractivity (Wildman–Crippen MR) is 77.4 cm³/mol. The quantitative estimate of drug-likeness (QED) is 0.802. The van der Waals surface area contributed by atoms with Crippen molar-refractivity contribution in [2.75, 3.05) is 25.4 Å². The largest absolute Gasteiger partial charge is 0.444 e. The van der Waals surface area contributed by atoms with E-state index in [0.717, 1.165) is 5.56 Å². The van der Waals surface area contributed by atoms with Crippen LogP contribution in [0, 0.1) is 0 Å². The van der Waals surface area contributed by atoms with Crippen LogP contribution in [-0.4, -0.2) is 36.3 Å². The molecule has 1 saturated heterocycles. The molecular formula is C15H22N2O3. The first-order chi connectivity index (χ1) is 9.35. The molecule has 1 heterocycles. The van der Waals surface area contributed by atoms with E-state index in [1.807, 2.05) is 45.0 Å². The van der Waals surface area contributed by atoms with Gasteiger partial charge in [-0.2, -0.15) is 0 Å². The first-order valence-electron chi connectivity index (χ1n) is 6.80. The van der Waals surface area contributed by atoms with Crippen LogP contribution in [0.5, 0.6) is 0 Å². The van der Waals surface area contributed by atoms with Crippen molar-refractivity contribution in [3.05, 3.63) is 29.8 Å². The van der Waals surface area contributed by atoms with Crippen LogP contribution in [0.15, 0.2) is 24.3 Å². The number of carbonyl (C=O) groups excluding carboxylic acids is 1. The van der Waals surface area contributed by atoms with E-state index in [9.17, 15) is 4.79 Å². The number of benzene rings is 1. The molecule has 1 aromatic rings. The second-order valence-electron chi connectivity index (χ2n) is 5.95. The van der Waals surface area contributed by atoms with E-state index in [1.54, 1.807) is 4.90 Å². The molecule has 5 heteroatoms. The highest BCUT2D eigenvalue weighted by atomic mass is 16.6. The Bertz CT molecular complexity index is 465. The highest BCUT2D eigenvalue weighted by Gasteiger charge is 2.28. The van der Waals surface area contributed by atoms with Gasteiger partial charge in [-0.1, -0.05) is 12.1 Å². The first-order valence-corrected chi connectivity index (χ1v) is 6.80. The zero-order valence-corrected chi connectivity index (χ0v) is 12.3. The number of morpholine rings is 1. The summed E-state index contributed by atoms with van der Waals surface area (Å²) in [4.78, 5) is 13.8. The summed E-state index contributed by atoms with van der Waals surface area (Å²) in [5.41, 5.74) is 6.93. The minimum atomic E-state index is -0.480. The summed E-state index contributed by atoms with van der Waals surface area (Å²) in [6.07, 6.45) is -0.418. The van der Waals surface area contributed by atoms with Crippen molar-refractivity contribution in [1.82, 2.24) is 4.90 Å². The fraction of sp³-hybridized carbons (Fsp3) is 0.533. The minimum absolute atomic E-state index is 0.128. The van der Waals surface area contributed by atoms with Gasteiger partial charge in [0, 0.05) is 12.2 Å². The smallest absolute Gasteiger partial charge is 0.410 e. The van der Waals surface area contributed by atoms with Crippen molar-refractivity contribution in [2.45, 2.75) is 32.5 Å². The van der Waals surface area contributed by atoms with Crippen LogP contribution in [0.25, 0.3) is 0 Å². The molecule has 1 amide bonds. The van der Waals surface area contributed by atoms with Crippen LogP contribution in [0.2, 0.25) is 0 Å². The van der Waals surface area contributed by atoms with Gasteiger partial charge in [0.15, 0.2) is 0 Å². The molecule has 1 unspecified atom stereocenters. The molecule has 0 radical (unpaired) electrons. The van der Waals surface area contributed by atoms with Crippen LogP contribution in [0.3, 0.4) is 0 Å². The third kappa shape index (κ3) is 3.87. The lowest BCUT2D eigenvalue weighted by atomic mass is 10.1. The summed E-state index contributed by atoms with van der Waals surface area (Å²) in [5, 5.41) is 0. The van der Waals surface area contributed by atoms with E-state index in [0.29, 0.717) is 25.4 Å². The Morgan fingerprint density at radius 1 is 1.35 bits per heavy atom.